The van der Waals surface area contributed by atoms with E-state index in [0.29, 0.717) is 17.2 Å². The monoisotopic (exact) mass is 358 g/mol. The Morgan fingerprint density at radius 2 is 1.74 bits per heavy atom. The van der Waals surface area contributed by atoms with E-state index in [-0.39, 0.29) is 0 Å². The zero-order chi connectivity index (χ0) is 19.4. The molecule has 0 unspecified atom stereocenters. The van der Waals surface area contributed by atoms with Crippen molar-refractivity contribution in [2.75, 3.05) is 36.7 Å². The Hall–Kier alpha value is -3.59. The second-order valence-electron chi connectivity index (χ2n) is 6.38. The lowest BCUT2D eigenvalue weighted by Crippen LogP contribution is -2.11. The lowest BCUT2D eigenvalue weighted by atomic mass is 10.1. The molecule has 1 heterocycles. The molecule has 27 heavy (non-hydrogen) atoms. The number of rotatable bonds is 5. The summed E-state index contributed by atoms with van der Waals surface area (Å²) in [5.74, 6) is 1.40. The number of benzene rings is 2. The summed E-state index contributed by atoms with van der Waals surface area (Å²) < 4.78 is 0. The van der Waals surface area contributed by atoms with Crippen LogP contribution in [0.2, 0.25) is 0 Å². The van der Waals surface area contributed by atoms with E-state index in [9.17, 15) is 0 Å². The highest BCUT2D eigenvalue weighted by atomic mass is 15.1. The van der Waals surface area contributed by atoms with Gasteiger partial charge in [0, 0.05) is 38.5 Å². The molecule has 0 bridgehead atoms. The number of aromatic nitrogens is 2. The van der Waals surface area contributed by atoms with Crippen LogP contribution in [0.1, 0.15) is 11.4 Å². The van der Waals surface area contributed by atoms with Crippen molar-refractivity contribution in [3.8, 4) is 17.3 Å². The molecular formula is C21H22N6. The van der Waals surface area contributed by atoms with Gasteiger partial charge in [0.05, 0.1) is 28.7 Å². The average Bonchev–Trinajstić information content (AvgIpc) is 2.67. The summed E-state index contributed by atoms with van der Waals surface area (Å²) in [7, 11) is 5.95. The Kier molecular flexibility index (Phi) is 5.23. The van der Waals surface area contributed by atoms with Gasteiger partial charge < -0.3 is 15.5 Å². The molecule has 2 N–H and O–H groups in total. The van der Waals surface area contributed by atoms with Crippen LogP contribution in [0.3, 0.4) is 0 Å². The molecule has 6 nitrogen and oxygen atoms in total. The SMILES string of the molecule is CNc1ccc(-c2cc(Nc3ccc(C#N)cc3)nc(C)n2)cc1N(C)C. The highest BCUT2D eigenvalue weighted by Crippen LogP contribution is 2.31. The first kappa shape index (κ1) is 18.2. The molecule has 0 fully saturated rings. The Balaban J connectivity index is 1.95. The van der Waals surface area contributed by atoms with E-state index in [0.717, 1.165) is 28.3 Å². The zero-order valence-corrected chi connectivity index (χ0v) is 15.9. The quantitative estimate of drug-likeness (QED) is 0.713. The fraction of sp³-hybridized carbons (Fsp3) is 0.190. The smallest absolute Gasteiger partial charge is 0.134 e. The lowest BCUT2D eigenvalue weighted by molar-refractivity contribution is 1.06. The van der Waals surface area contributed by atoms with E-state index in [1.165, 1.54) is 0 Å². The first-order valence-electron chi connectivity index (χ1n) is 8.62. The van der Waals surface area contributed by atoms with Gasteiger partial charge in [-0.3, -0.25) is 0 Å². The maximum Gasteiger partial charge on any atom is 0.134 e. The topological polar surface area (TPSA) is 76.9 Å². The molecule has 0 amide bonds. The van der Waals surface area contributed by atoms with E-state index in [2.05, 4.69) is 43.7 Å². The van der Waals surface area contributed by atoms with Crippen LogP contribution in [0.15, 0.2) is 48.5 Å². The van der Waals surface area contributed by atoms with Crippen molar-refractivity contribution in [3.63, 3.8) is 0 Å². The Morgan fingerprint density at radius 1 is 1.00 bits per heavy atom. The first-order valence-corrected chi connectivity index (χ1v) is 8.62. The van der Waals surface area contributed by atoms with Gasteiger partial charge in [0.2, 0.25) is 0 Å². The molecule has 6 heteroatoms. The van der Waals surface area contributed by atoms with Crippen molar-refractivity contribution in [1.82, 2.24) is 9.97 Å². The van der Waals surface area contributed by atoms with Crippen molar-refractivity contribution < 1.29 is 0 Å². The van der Waals surface area contributed by atoms with Crippen LogP contribution in [0.5, 0.6) is 0 Å². The first-order chi connectivity index (χ1) is 13.0. The summed E-state index contributed by atoms with van der Waals surface area (Å²) in [5, 5.41) is 15.4. The summed E-state index contributed by atoms with van der Waals surface area (Å²) >= 11 is 0. The Morgan fingerprint density at radius 3 is 2.37 bits per heavy atom. The summed E-state index contributed by atoms with van der Waals surface area (Å²) in [5.41, 5.74) is 5.52. The molecule has 0 atom stereocenters. The molecule has 3 rings (SSSR count). The number of aryl methyl sites for hydroxylation is 1. The van der Waals surface area contributed by atoms with Crippen molar-refractivity contribution in [3.05, 3.63) is 59.9 Å². The van der Waals surface area contributed by atoms with Crippen LogP contribution in [-0.2, 0) is 0 Å². The van der Waals surface area contributed by atoms with E-state index < -0.39 is 0 Å². The summed E-state index contributed by atoms with van der Waals surface area (Å²) in [6, 6.07) is 17.5. The maximum absolute atomic E-state index is 8.92. The number of hydrogen-bond donors (Lipinski definition) is 2. The van der Waals surface area contributed by atoms with E-state index in [1.54, 1.807) is 12.1 Å². The van der Waals surface area contributed by atoms with Crippen LogP contribution < -0.4 is 15.5 Å². The van der Waals surface area contributed by atoms with Crippen LogP contribution >= 0.6 is 0 Å². The maximum atomic E-state index is 8.92. The van der Waals surface area contributed by atoms with E-state index in [1.807, 2.05) is 52.3 Å². The normalized spacial score (nSPS) is 10.2. The molecule has 0 aliphatic carbocycles. The molecule has 0 radical (unpaired) electrons. The van der Waals surface area contributed by atoms with Crippen molar-refractivity contribution >= 4 is 22.9 Å². The van der Waals surface area contributed by atoms with Gasteiger partial charge in [-0.05, 0) is 43.3 Å². The van der Waals surface area contributed by atoms with Crippen molar-refractivity contribution in [2.24, 2.45) is 0 Å². The molecule has 2 aromatic carbocycles. The number of nitriles is 1. The van der Waals surface area contributed by atoms with Gasteiger partial charge in [-0.25, -0.2) is 9.97 Å². The van der Waals surface area contributed by atoms with Gasteiger partial charge in [0.25, 0.3) is 0 Å². The van der Waals surface area contributed by atoms with Gasteiger partial charge in [0.15, 0.2) is 0 Å². The van der Waals surface area contributed by atoms with Gasteiger partial charge in [-0.15, -0.1) is 0 Å². The molecule has 0 saturated heterocycles. The molecule has 0 aliphatic rings. The molecule has 1 aromatic heterocycles. The van der Waals surface area contributed by atoms with E-state index >= 15 is 0 Å². The van der Waals surface area contributed by atoms with Crippen molar-refractivity contribution in [1.29, 1.82) is 5.26 Å². The molecule has 0 aliphatic heterocycles. The fourth-order valence-corrected chi connectivity index (χ4v) is 2.83. The lowest BCUT2D eigenvalue weighted by Gasteiger charge is -2.18. The minimum atomic E-state index is 0.626. The highest BCUT2D eigenvalue weighted by molar-refractivity contribution is 5.77. The minimum absolute atomic E-state index is 0.626. The summed E-state index contributed by atoms with van der Waals surface area (Å²) in [6.07, 6.45) is 0. The Labute approximate surface area is 159 Å². The van der Waals surface area contributed by atoms with Gasteiger partial charge in [-0.1, -0.05) is 6.07 Å². The second kappa shape index (κ2) is 7.75. The summed E-state index contributed by atoms with van der Waals surface area (Å²) in [4.78, 5) is 11.1. The van der Waals surface area contributed by atoms with Crippen molar-refractivity contribution in [2.45, 2.75) is 6.92 Å². The number of hydrogen-bond acceptors (Lipinski definition) is 6. The second-order valence-corrected chi connectivity index (χ2v) is 6.38. The number of anilines is 4. The van der Waals surface area contributed by atoms with Crippen LogP contribution in [-0.4, -0.2) is 31.1 Å². The third-order valence-corrected chi connectivity index (χ3v) is 4.17. The third kappa shape index (κ3) is 4.15. The molecule has 0 spiro atoms. The third-order valence-electron chi connectivity index (χ3n) is 4.17. The molecule has 136 valence electrons. The molecule has 3 aromatic rings. The summed E-state index contributed by atoms with van der Waals surface area (Å²) in [6.45, 7) is 1.88. The molecule has 0 saturated carbocycles. The predicted molar refractivity (Wildman–Crippen MR) is 111 cm³/mol. The molecular weight excluding hydrogens is 336 g/mol. The fourth-order valence-electron chi connectivity index (χ4n) is 2.83. The van der Waals surface area contributed by atoms with Gasteiger partial charge in [-0.2, -0.15) is 5.26 Å². The average molecular weight is 358 g/mol. The number of nitrogens with one attached hydrogen (secondary N) is 2. The van der Waals surface area contributed by atoms with Gasteiger partial charge >= 0.3 is 0 Å². The highest BCUT2D eigenvalue weighted by Gasteiger charge is 2.10. The van der Waals surface area contributed by atoms with E-state index in [4.69, 9.17) is 5.26 Å². The Bertz CT molecular complexity index is 987. The zero-order valence-electron chi connectivity index (χ0n) is 15.9. The standard InChI is InChI=1S/C21H22N6/c1-14-24-19(16-7-10-18(23-2)20(11-16)27(3)4)12-21(25-14)26-17-8-5-15(13-22)6-9-17/h5-12,23H,1-4H3,(H,24,25,26). The van der Waals surface area contributed by atoms with Crippen LogP contribution in [0.25, 0.3) is 11.3 Å². The van der Waals surface area contributed by atoms with Crippen LogP contribution in [0.4, 0.5) is 22.9 Å². The largest absolute Gasteiger partial charge is 0.386 e. The minimum Gasteiger partial charge on any atom is -0.386 e. The number of nitrogens with zero attached hydrogens (tertiary/aromatic N) is 4. The predicted octanol–water partition coefficient (Wildman–Crippen LogP) is 4.18. The van der Waals surface area contributed by atoms with Crippen LogP contribution in [0, 0.1) is 18.3 Å². The van der Waals surface area contributed by atoms with Gasteiger partial charge in [0.1, 0.15) is 11.6 Å².